The van der Waals surface area contributed by atoms with Crippen molar-refractivity contribution in [3.8, 4) is 0 Å². The van der Waals surface area contributed by atoms with E-state index in [1.54, 1.807) is 12.5 Å². The summed E-state index contributed by atoms with van der Waals surface area (Å²) in [7, 11) is 3.94. The van der Waals surface area contributed by atoms with E-state index in [2.05, 4.69) is 15.4 Å². The summed E-state index contributed by atoms with van der Waals surface area (Å²) < 4.78 is 3.94. The minimum atomic E-state index is 0.0629. The third-order valence-electron chi connectivity index (χ3n) is 2.86. The predicted octanol–water partition coefficient (Wildman–Crippen LogP) is 0.291. The van der Waals surface area contributed by atoms with E-state index in [4.69, 9.17) is 5.84 Å². The molecule has 0 fully saturated rings. The fourth-order valence-electron chi connectivity index (χ4n) is 1.84. The lowest BCUT2D eigenvalue weighted by Crippen LogP contribution is -2.28. The van der Waals surface area contributed by atoms with Crippen LogP contribution in [-0.4, -0.2) is 19.1 Å². The van der Waals surface area contributed by atoms with Crippen molar-refractivity contribution < 1.29 is 0 Å². The molecule has 92 valence electrons. The van der Waals surface area contributed by atoms with E-state index in [9.17, 15) is 0 Å². The first-order valence-corrected chi connectivity index (χ1v) is 5.61. The molecule has 0 spiro atoms. The fourth-order valence-corrected chi connectivity index (χ4v) is 1.84. The number of nitrogens with one attached hydrogen (secondary N) is 1. The van der Waals surface area contributed by atoms with Crippen molar-refractivity contribution in [2.24, 2.45) is 19.9 Å². The zero-order chi connectivity index (χ0) is 12.3. The van der Waals surface area contributed by atoms with Crippen LogP contribution in [0.3, 0.4) is 0 Å². The molecule has 0 aliphatic rings. The molecular weight excluding hydrogens is 216 g/mol. The summed E-state index contributed by atoms with van der Waals surface area (Å²) in [6, 6.07) is 0.0629. The lowest BCUT2D eigenvalue weighted by atomic mass is 10.1. The molecule has 17 heavy (non-hydrogen) atoms. The largest absolute Gasteiger partial charge is 0.340 e. The summed E-state index contributed by atoms with van der Waals surface area (Å²) in [5.74, 6) is 6.62. The first kappa shape index (κ1) is 11.8. The minimum Gasteiger partial charge on any atom is -0.340 e. The van der Waals surface area contributed by atoms with Gasteiger partial charge in [0.05, 0.1) is 18.1 Å². The maximum Gasteiger partial charge on any atom is 0.108 e. The van der Waals surface area contributed by atoms with Crippen molar-refractivity contribution in [3.05, 3.63) is 36.4 Å². The fraction of sp³-hybridized carbons (Fsp3) is 0.455. The molecule has 0 aliphatic carbocycles. The van der Waals surface area contributed by atoms with Gasteiger partial charge in [-0.05, 0) is 6.42 Å². The molecule has 0 saturated carbocycles. The molecule has 3 N–H and O–H groups in total. The van der Waals surface area contributed by atoms with E-state index >= 15 is 0 Å². The van der Waals surface area contributed by atoms with Crippen LogP contribution in [-0.2, 0) is 20.5 Å². The SMILES string of the molecule is Cn1cnc(C(CCc2nccn2C)NN)c1. The van der Waals surface area contributed by atoms with Crippen LogP contribution in [0, 0.1) is 0 Å². The first-order valence-electron chi connectivity index (χ1n) is 5.61. The van der Waals surface area contributed by atoms with E-state index in [1.807, 2.05) is 35.6 Å². The Hall–Kier alpha value is -1.66. The lowest BCUT2D eigenvalue weighted by Gasteiger charge is -2.13. The minimum absolute atomic E-state index is 0.0629. The van der Waals surface area contributed by atoms with Crippen molar-refractivity contribution in [1.82, 2.24) is 24.5 Å². The van der Waals surface area contributed by atoms with Gasteiger partial charge in [0, 0.05) is 39.1 Å². The number of hydrazine groups is 1. The number of aromatic nitrogens is 4. The summed E-state index contributed by atoms with van der Waals surface area (Å²) in [6.45, 7) is 0. The van der Waals surface area contributed by atoms with Gasteiger partial charge in [0.1, 0.15) is 5.82 Å². The number of imidazole rings is 2. The third-order valence-corrected chi connectivity index (χ3v) is 2.86. The molecule has 0 radical (unpaired) electrons. The molecule has 6 nitrogen and oxygen atoms in total. The Bertz CT molecular complexity index is 472. The van der Waals surface area contributed by atoms with Gasteiger partial charge in [-0.15, -0.1) is 0 Å². The highest BCUT2D eigenvalue weighted by atomic mass is 15.2. The van der Waals surface area contributed by atoms with Gasteiger partial charge in [-0.1, -0.05) is 0 Å². The van der Waals surface area contributed by atoms with Crippen LogP contribution in [0.1, 0.15) is 24.0 Å². The van der Waals surface area contributed by atoms with Crippen molar-refractivity contribution in [1.29, 1.82) is 0 Å². The van der Waals surface area contributed by atoms with Crippen molar-refractivity contribution in [2.45, 2.75) is 18.9 Å². The van der Waals surface area contributed by atoms with E-state index in [0.29, 0.717) is 0 Å². The molecule has 0 aromatic carbocycles. The molecule has 0 amide bonds. The van der Waals surface area contributed by atoms with Gasteiger partial charge in [0.25, 0.3) is 0 Å². The van der Waals surface area contributed by atoms with Gasteiger partial charge >= 0.3 is 0 Å². The second-order valence-corrected chi connectivity index (χ2v) is 4.18. The number of aryl methyl sites for hydroxylation is 3. The standard InChI is InChI=1S/C11H18N6/c1-16-7-10(14-8-16)9(15-12)3-4-11-13-5-6-17(11)2/h5-9,15H,3-4,12H2,1-2H3. The highest BCUT2D eigenvalue weighted by Crippen LogP contribution is 2.15. The van der Waals surface area contributed by atoms with E-state index in [1.165, 1.54) is 0 Å². The highest BCUT2D eigenvalue weighted by molar-refractivity contribution is 5.04. The predicted molar refractivity (Wildman–Crippen MR) is 64.8 cm³/mol. The summed E-state index contributed by atoms with van der Waals surface area (Å²) in [5, 5.41) is 0. The van der Waals surface area contributed by atoms with Crippen LogP contribution in [0.4, 0.5) is 0 Å². The van der Waals surface area contributed by atoms with Gasteiger partial charge in [-0.2, -0.15) is 0 Å². The zero-order valence-electron chi connectivity index (χ0n) is 10.2. The number of rotatable bonds is 5. The third kappa shape index (κ3) is 2.72. The van der Waals surface area contributed by atoms with Gasteiger partial charge in [0.15, 0.2) is 0 Å². The van der Waals surface area contributed by atoms with Gasteiger partial charge in [-0.3, -0.25) is 11.3 Å². The average Bonchev–Trinajstić information content (AvgIpc) is 2.90. The maximum atomic E-state index is 5.57. The number of nitrogens with two attached hydrogens (primary N) is 1. The molecule has 2 aromatic heterocycles. The van der Waals surface area contributed by atoms with E-state index < -0.39 is 0 Å². The van der Waals surface area contributed by atoms with Gasteiger partial charge in [0.2, 0.25) is 0 Å². The molecule has 2 aromatic rings. The van der Waals surface area contributed by atoms with Crippen LogP contribution in [0.25, 0.3) is 0 Å². The van der Waals surface area contributed by atoms with Crippen molar-refractivity contribution >= 4 is 0 Å². The highest BCUT2D eigenvalue weighted by Gasteiger charge is 2.13. The second-order valence-electron chi connectivity index (χ2n) is 4.18. The molecule has 0 saturated heterocycles. The van der Waals surface area contributed by atoms with Crippen molar-refractivity contribution in [3.63, 3.8) is 0 Å². The average molecular weight is 234 g/mol. The Labute approximate surface area is 100 Å². The Morgan fingerprint density at radius 3 is 2.76 bits per heavy atom. The number of hydrogen-bond donors (Lipinski definition) is 2. The Kier molecular flexibility index (Phi) is 3.55. The molecule has 2 heterocycles. The van der Waals surface area contributed by atoms with Gasteiger partial charge < -0.3 is 9.13 Å². The van der Waals surface area contributed by atoms with Crippen LogP contribution in [0.2, 0.25) is 0 Å². The van der Waals surface area contributed by atoms with Crippen LogP contribution < -0.4 is 11.3 Å². The van der Waals surface area contributed by atoms with E-state index in [-0.39, 0.29) is 6.04 Å². The topological polar surface area (TPSA) is 73.7 Å². The smallest absolute Gasteiger partial charge is 0.108 e. The van der Waals surface area contributed by atoms with Crippen molar-refractivity contribution in [2.75, 3.05) is 0 Å². The Balaban J connectivity index is 1.99. The summed E-state index contributed by atoms with van der Waals surface area (Å²) >= 11 is 0. The monoisotopic (exact) mass is 234 g/mol. The molecular formula is C11H18N6. The quantitative estimate of drug-likeness (QED) is 0.576. The lowest BCUT2D eigenvalue weighted by molar-refractivity contribution is 0.497. The number of nitrogens with zero attached hydrogens (tertiary/aromatic N) is 4. The maximum absolute atomic E-state index is 5.57. The van der Waals surface area contributed by atoms with Gasteiger partial charge in [-0.25, -0.2) is 9.97 Å². The molecule has 1 atom stereocenters. The normalized spacial score (nSPS) is 12.9. The molecule has 0 aliphatic heterocycles. The molecule has 0 bridgehead atoms. The molecule has 2 rings (SSSR count). The van der Waals surface area contributed by atoms with Crippen LogP contribution in [0.5, 0.6) is 0 Å². The molecule has 1 unspecified atom stereocenters. The molecule has 6 heteroatoms. The number of hydrogen-bond acceptors (Lipinski definition) is 4. The summed E-state index contributed by atoms with van der Waals surface area (Å²) in [6.07, 6.45) is 9.25. The second kappa shape index (κ2) is 5.11. The summed E-state index contributed by atoms with van der Waals surface area (Å²) in [4.78, 5) is 8.59. The van der Waals surface area contributed by atoms with E-state index in [0.717, 1.165) is 24.4 Å². The Morgan fingerprint density at radius 1 is 1.41 bits per heavy atom. The summed E-state index contributed by atoms with van der Waals surface area (Å²) in [5.41, 5.74) is 3.76. The first-order chi connectivity index (χ1) is 8.20. The van der Waals surface area contributed by atoms with Crippen LogP contribution >= 0.6 is 0 Å². The zero-order valence-corrected chi connectivity index (χ0v) is 10.2. The van der Waals surface area contributed by atoms with Crippen LogP contribution in [0.15, 0.2) is 24.9 Å². The Morgan fingerprint density at radius 2 is 2.24 bits per heavy atom.